The van der Waals surface area contributed by atoms with Crippen LogP contribution in [0.4, 0.5) is 4.79 Å². The minimum Gasteiger partial charge on any atom is -0.444 e. The number of nitrogens with zero attached hydrogens (tertiary/aromatic N) is 3. The van der Waals surface area contributed by atoms with Gasteiger partial charge in [0.05, 0.1) is 75.0 Å². The normalized spacial score (nSPS) is 16.3. The number of benzene rings is 1. The minimum absolute atomic E-state index is 0.0102. The van der Waals surface area contributed by atoms with Crippen LogP contribution in [0.1, 0.15) is 65.6 Å². The van der Waals surface area contributed by atoms with Crippen LogP contribution in [-0.2, 0) is 44.6 Å². The number of likely N-dealkylation sites (tertiary alicyclic amines) is 1. The Balaban J connectivity index is 1.52. The Morgan fingerprint density at radius 3 is 2.07 bits per heavy atom. The molecule has 5 N–H and O–H groups in total. The largest absolute Gasteiger partial charge is 0.444 e. The van der Waals surface area contributed by atoms with Crippen molar-refractivity contribution in [1.29, 1.82) is 0 Å². The maximum atomic E-state index is 14.1. The molecule has 3 unspecified atom stereocenters. The van der Waals surface area contributed by atoms with E-state index in [9.17, 15) is 24.3 Å². The Hall–Kier alpha value is -3.71. The number of aliphatic hydroxyl groups excluding tert-OH is 1. The van der Waals surface area contributed by atoms with Gasteiger partial charge >= 0.3 is 6.09 Å². The first-order chi connectivity index (χ1) is 27.0. The van der Waals surface area contributed by atoms with Crippen molar-refractivity contribution in [3.63, 3.8) is 0 Å². The quantitative estimate of drug-likeness (QED) is 0.120. The van der Waals surface area contributed by atoms with Crippen LogP contribution in [0.2, 0.25) is 0 Å². The Labute approximate surface area is 341 Å². The van der Waals surface area contributed by atoms with E-state index < -0.39 is 53.0 Å². The zero-order valence-corrected chi connectivity index (χ0v) is 35.5. The Morgan fingerprint density at radius 1 is 0.930 bits per heavy atom. The fourth-order valence-electron chi connectivity index (χ4n) is 5.89. The summed E-state index contributed by atoms with van der Waals surface area (Å²) in [6.45, 7) is 16.6. The van der Waals surface area contributed by atoms with Crippen LogP contribution in [0.15, 0.2) is 29.8 Å². The zero-order chi connectivity index (χ0) is 42.0. The van der Waals surface area contributed by atoms with Crippen molar-refractivity contribution < 1.29 is 48.0 Å². The van der Waals surface area contributed by atoms with E-state index in [1.165, 1.54) is 9.80 Å². The molecule has 3 atom stereocenters. The molecule has 16 nitrogen and oxygen atoms in total. The third-order valence-electron chi connectivity index (χ3n) is 8.86. The molecule has 0 aliphatic carbocycles. The third kappa shape index (κ3) is 17.0. The molecule has 4 amide bonds. The molecule has 17 heteroatoms. The van der Waals surface area contributed by atoms with Gasteiger partial charge in [0.15, 0.2) is 0 Å². The average molecular weight is 821 g/mol. The van der Waals surface area contributed by atoms with Crippen molar-refractivity contribution >= 4 is 35.2 Å². The molecule has 1 aromatic heterocycles. The molecule has 0 radical (unpaired) electrons. The molecule has 1 saturated heterocycles. The lowest BCUT2D eigenvalue weighted by Crippen LogP contribution is -2.58. The summed E-state index contributed by atoms with van der Waals surface area (Å²) in [6.07, 6.45) is -1.54. The van der Waals surface area contributed by atoms with Gasteiger partial charge in [-0.05, 0) is 44.2 Å². The van der Waals surface area contributed by atoms with Crippen LogP contribution in [0.25, 0.3) is 10.4 Å². The lowest BCUT2D eigenvalue weighted by Gasteiger charge is -2.35. The third-order valence-corrected chi connectivity index (χ3v) is 9.83. The summed E-state index contributed by atoms with van der Waals surface area (Å²) in [4.78, 5) is 62.2. The molecule has 57 heavy (non-hydrogen) atoms. The van der Waals surface area contributed by atoms with Crippen LogP contribution >= 0.6 is 11.3 Å². The number of hydrogen-bond donors (Lipinski definition) is 4. The second kappa shape index (κ2) is 23.6. The van der Waals surface area contributed by atoms with Gasteiger partial charge in [-0.1, -0.05) is 45.0 Å². The number of carbonyl (C=O) groups excluding carboxylic acids is 4. The van der Waals surface area contributed by atoms with Gasteiger partial charge in [0, 0.05) is 45.6 Å². The van der Waals surface area contributed by atoms with E-state index in [0.717, 1.165) is 21.7 Å². The van der Waals surface area contributed by atoms with Crippen LogP contribution in [0.3, 0.4) is 0 Å². The minimum atomic E-state index is -1.01. The van der Waals surface area contributed by atoms with Crippen molar-refractivity contribution in [1.82, 2.24) is 25.4 Å². The SMILES string of the molecule is Cc1ncsc1-c1ccc(CNC(=O)C2CC(O)CN2C(=O)C(NC(=O)CCN(CCOCCOCCOCCOCCN)C(=O)OC(C)(C)C)C(C)(C)C)cc1. The number of ether oxygens (including phenoxy) is 5. The van der Waals surface area contributed by atoms with Gasteiger partial charge in [0.2, 0.25) is 17.7 Å². The van der Waals surface area contributed by atoms with Crippen molar-refractivity contribution in [3.05, 3.63) is 41.0 Å². The molecule has 3 rings (SSSR count). The Morgan fingerprint density at radius 2 is 1.53 bits per heavy atom. The van der Waals surface area contributed by atoms with Gasteiger partial charge in [0.25, 0.3) is 0 Å². The van der Waals surface area contributed by atoms with Crippen molar-refractivity contribution in [2.75, 3.05) is 79.0 Å². The van der Waals surface area contributed by atoms with E-state index in [4.69, 9.17) is 29.4 Å². The van der Waals surface area contributed by atoms with E-state index in [1.54, 1.807) is 37.6 Å². The second-order valence-corrected chi connectivity index (χ2v) is 16.8. The first-order valence-corrected chi connectivity index (χ1v) is 20.4. The first-order valence-electron chi connectivity index (χ1n) is 19.5. The van der Waals surface area contributed by atoms with Gasteiger partial charge in [0.1, 0.15) is 17.7 Å². The summed E-state index contributed by atoms with van der Waals surface area (Å²) in [6, 6.07) is 5.90. The number of rotatable bonds is 23. The molecule has 1 aliphatic rings. The number of carbonyl (C=O) groups is 4. The summed E-state index contributed by atoms with van der Waals surface area (Å²) in [7, 11) is 0. The lowest BCUT2D eigenvalue weighted by molar-refractivity contribution is -0.144. The lowest BCUT2D eigenvalue weighted by atomic mass is 9.85. The van der Waals surface area contributed by atoms with Gasteiger partial charge in [-0.25, -0.2) is 9.78 Å². The molecule has 0 spiro atoms. The monoisotopic (exact) mass is 820 g/mol. The van der Waals surface area contributed by atoms with Crippen molar-refractivity contribution in [3.8, 4) is 10.4 Å². The summed E-state index contributed by atoms with van der Waals surface area (Å²) >= 11 is 1.56. The molecule has 1 fully saturated rings. The molecule has 0 saturated carbocycles. The van der Waals surface area contributed by atoms with Crippen molar-refractivity contribution in [2.45, 2.75) is 91.6 Å². The second-order valence-electron chi connectivity index (χ2n) is 15.9. The smallest absolute Gasteiger partial charge is 0.410 e. The average Bonchev–Trinajstić information content (AvgIpc) is 3.76. The number of nitrogens with two attached hydrogens (primary N) is 1. The highest BCUT2D eigenvalue weighted by atomic mass is 32.1. The van der Waals surface area contributed by atoms with E-state index >= 15 is 0 Å². The topological polar surface area (TPSA) is 204 Å². The fraction of sp³-hybridized carbons (Fsp3) is 0.675. The predicted molar refractivity (Wildman–Crippen MR) is 216 cm³/mol. The number of thiazole rings is 1. The molecule has 320 valence electrons. The summed E-state index contributed by atoms with van der Waals surface area (Å²) < 4.78 is 27.4. The van der Waals surface area contributed by atoms with Gasteiger partial charge in [-0.2, -0.15) is 0 Å². The maximum absolute atomic E-state index is 14.1. The fourth-order valence-corrected chi connectivity index (χ4v) is 6.70. The summed E-state index contributed by atoms with van der Waals surface area (Å²) in [5.41, 5.74) is 8.55. The van der Waals surface area contributed by atoms with E-state index in [0.29, 0.717) is 52.8 Å². The van der Waals surface area contributed by atoms with Crippen LogP contribution in [0.5, 0.6) is 0 Å². The van der Waals surface area contributed by atoms with E-state index in [-0.39, 0.29) is 45.6 Å². The van der Waals surface area contributed by atoms with Crippen LogP contribution in [0, 0.1) is 12.3 Å². The number of aliphatic hydroxyl groups is 1. The van der Waals surface area contributed by atoms with Crippen molar-refractivity contribution in [2.24, 2.45) is 11.1 Å². The molecular formula is C40H64N6O10S. The molecule has 2 aromatic rings. The Bertz CT molecular complexity index is 1540. The van der Waals surface area contributed by atoms with Crippen LogP contribution < -0.4 is 16.4 Å². The van der Waals surface area contributed by atoms with Gasteiger partial charge in [-0.3, -0.25) is 14.4 Å². The molecular weight excluding hydrogens is 757 g/mol. The summed E-state index contributed by atoms with van der Waals surface area (Å²) in [5, 5.41) is 16.4. The predicted octanol–water partition coefficient (Wildman–Crippen LogP) is 2.88. The number of hydrogen-bond acceptors (Lipinski definition) is 13. The van der Waals surface area contributed by atoms with E-state index in [2.05, 4.69) is 15.6 Å². The highest BCUT2D eigenvalue weighted by Gasteiger charge is 2.44. The van der Waals surface area contributed by atoms with Crippen LogP contribution in [-0.4, -0.2) is 147 Å². The number of nitrogens with one attached hydrogen (secondary N) is 2. The molecule has 2 heterocycles. The van der Waals surface area contributed by atoms with Gasteiger partial charge < -0.3 is 55.0 Å². The zero-order valence-electron chi connectivity index (χ0n) is 34.7. The number of amides is 4. The van der Waals surface area contributed by atoms with E-state index in [1.807, 2.05) is 52.0 Å². The molecule has 0 bridgehead atoms. The number of aromatic nitrogens is 1. The highest BCUT2D eigenvalue weighted by Crippen LogP contribution is 2.28. The summed E-state index contributed by atoms with van der Waals surface area (Å²) in [5.74, 6) is -1.33. The Kier molecular flexibility index (Phi) is 19.8. The first kappa shape index (κ1) is 47.7. The van der Waals surface area contributed by atoms with Gasteiger partial charge in [-0.15, -0.1) is 11.3 Å². The highest BCUT2D eigenvalue weighted by molar-refractivity contribution is 7.13. The maximum Gasteiger partial charge on any atom is 0.410 e. The number of aryl methyl sites for hydroxylation is 1. The molecule has 1 aromatic carbocycles. The molecule has 1 aliphatic heterocycles. The standard InChI is InChI=1S/C40H64N6O10S/c1-28-34(57-27-43-28)30-10-8-29(9-11-30)25-42-36(49)32-24-31(47)26-46(32)37(50)35(39(2,3)4)44-33(48)12-14-45(38(51)56-40(5,6)7)15-17-53-19-21-55-23-22-54-20-18-52-16-13-41/h8-11,27,31-32,35,47H,12-26,41H2,1-7H3,(H,42,49)(H,44,48). The number of β-amino-alcohol motifs (C(OH)–C–C–N with tert-alkyl or cyclic N) is 1.